The first-order valence-corrected chi connectivity index (χ1v) is 8.93. The van der Waals surface area contributed by atoms with Gasteiger partial charge in [-0.1, -0.05) is 64.7 Å². The highest BCUT2D eigenvalue weighted by Gasteiger charge is 2.13. The molecule has 2 heteroatoms. The SMILES string of the molecule is CCCCCCCCCCCCC[N+](C)(C)CCOC. The van der Waals surface area contributed by atoms with Gasteiger partial charge in [-0.15, -0.1) is 0 Å². The summed E-state index contributed by atoms with van der Waals surface area (Å²) < 4.78 is 6.27. The summed E-state index contributed by atoms with van der Waals surface area (Å²) >= 11 is 0. The van der Waals surface area contributed by atoms with E-state index in [4.69, 9.17) is 4.74 Å². The van der Waals surface area contributed by atoms with Crippen molar-refractivity contribution in [2.75, 3.05) is 40.9 Å². The lowest BCUT2D eigenvalue weighted by molar-refractivity contribution is -0.890. The minimum Gasteiger partial charge on any atom is -0.379 e. The zero-order chi connectivity index (χ0) is 15.1. The van der Waals surface area contributed by atoms with Gasteiger partial charge in [0, 0.05) is 7.11 Å². The van der Waals surface area contributed by atoms with E-state index in [9.17, 15) is 0 Å². The van der Waals surface area contributed by atoms with Crippen molar-refractivity contribution in [3.63, 3.8) is 0 Å². The van der Waals surface area contributed by atoms with Crippen LogP contribution in [0.15, 0.2) is 0 Å². The molecule has 0 aliphatic rings. The topological polar surface area (TPSA) is 9.23 Å². The summed E-state index contributed by atoms with van der Waals surface area (Å²) in [5, 5.41) is 0. The van der Waals surface area contributed by atoms with Crippen LogP contribution >= 0.6 is 0 Å². The summed E-state index contributed by atoms with van der Waals surface area (Å²) in [6, 6.07) is 0. The molecule has 0 saturated heterocycles. The van der Waals surface area contributed by atoms with Crippen LogP contribution in [0.4, 0.5) is 0 Å². The first-order valence-electron chi connectivity index (χ1n) is 8.93. The first-order chi connectivity index (χ1) is 9.62. The average Bonchev–Trinajstić information content (AvgIpc) is 2.42. The second-order valence-electron chi connectivity index (χ2n) is 6.91. The van der Waals surface area contributed by atoms with E-state index < -0.39 is 0 Å². The highest BCUT2D eigenvalue weighted by atomic mass is 16.5. The van der Waals surface area contributed by atoms with Crippen molar-refractivity contribution >= 4 is 0 Å². The molecular formula is C18H40NO+. The molecule has 0 aromatic rings. The van der Waals surface area contributed by atoms with E-state index in [1.807, 2.05) is 0 Å². The Morgan fingerprint density at radius 2 is 1.10 bits per heavy atom. The summed E-state index contributed by atoms with van der Waals surface area (Å²) in [5.41, 5.74) is 0. The molecule has 122 valence electrons. The molecule has 0 aromatic heterocycles. The maximum absolute atomic E-state index is 5.17. The van der Waals surface area contributed by atoms with Crippen LogP contribution < -0.4 is 0 Å². The summed E-state index contributed by atoms with van der Waals surface area (Å²) in [5.74, 6) is 0. The van der Waals surface area contributed by atoms with E-state index in [1.54, 1.807) is 7.11 Å². The lowest BCUT2D eigenvalue weighted by atomic mass is 10.1. The number of ether oxygens (including phenoxy) is 1. The van der Waals surface area contributed by atoms with Crippen LogP contribution in [0.1, 0.15) is 77.6 Å². The standard InChI is InChI=1S/C18H40NO/c1-5-6-7-8-9-10-11-12-13-14-15-16-19(2,3)17-18-20-4/h5-18H2,1-4H3/q+1. The lowest BCUT2D eigenvalue weighted by Gasteiger charge is -2.29. The fraction of sp³-hybridized carbons (Fsp3) is 1.00. The van der Waals surface area contributed by atoms with Crippen molar-refractivity contribution in [1.82, 2.24) is 0 Å². The molecule has 0 heterocycles. The fourth-order valence-corrected chi connectivity index (χ4v) is 2.65. The summed E-state index contributed by atoms with van der Waals surface area (Å²) in [7, 11) is 6.42. The Balaban J connectivity index is 3.20. The van der Waals surface area contributed by atoms with Crippen LogP contribution in [0.5, 0.6) is 0 Å². The maximum atomic E-state index is 5.17. The number of methoxy groups -OCH3 is 1. The molecule has 0 N–H and O–H groups in total. The zero-order valence-electron chi connectivity index (χ0n) is 14.8. The van der Waals surface area contributed by atoms with E-state index in [1.165, 1.54) is 77.2 Å². The number of hydrogen-bond donors (Lipinski definition) is 0. The molecule has 0 unspecified atom stereocenters. The third-order valence-corrected chi connectivity index (χ3v) is 4.27. The Kier molecular flexibility index (Phi) is 13.8. The van der Waals surface area contributed by atoms with E-state index in [-0.39, 0.29) is 0 Å². The van der Waals surface area contributed by atoms with Gasteiger partial charge in [-0.05, 0) is 12.8 Å². The van der Waals surface area contributed by atoms with E-state index >= 15 is 0 Å². The highest BCUT2D eigenvalue weighted by Crippen LogP contribution is 2.12. The van der Waals surface area contributed by atoms with Crippen LogP contribution in [0, 0.1) is 0 Å². The number of likely N-dealkylation sites (N-methyl/N-ethyl adjacent to an activating group) is 1. The third-order valence-electron chi connectivity index (χ3n) is 4.27. The van der Waals surface area contributed by atoms with E-state index in [0.717, 1.165) is 17.6 Å². The van der Waals surface area contributed by atoms with Crippen molar-refractivity contribution in [2.45, 2.75) is 77.6 Å². The zero-order valence-corrected chi connectivity index (χ0v) is 14.8. The number of quaternary nitrogens is 1. The van der Waals surface area contributed by atoms with Crippen molar-refractivity contribution in [3.8, 4) is 0 Å². The van der Waals surface area contributed by atoms with Crippen molar-refractivity contribution in [2.24, 2.45) is 0 Å². The molecule has 0 aliphatic heterocycles. The Bertz CT molecular complexity index is 192. The smallest absolute Gasteiger partial charge is 0.102 e. The van der Waals surface area contributed by atoms with Gasteiger partial charge in [-0.25, -0.2) is 0 Å². The summed E-state index contributed by atoms with van der Waals surface area (Å²) in [4.78, 5) is 0. The van der Waals surface area contributed by atoms with Gasteiger partial charge in [0.15, 0.2) is 0 Å². The predicted molar refractivity (Wildman–Crippen MR) is 90.2 cm³/mol. The third kappa shape index (κ3) is 14.3. The highest BCUT2D eigenvalue weighted by molar-refractivity contribution is 4.48. The van der Waals surface area contributed by atoms with Gasteiger partial charge in [-0.3, -0.25) is 0 Å². The largest absolute Gasteiger partial charge is 0.379 e. The Hall–Kier alpha value is -0.0800. The van der Waals surface area contributed by atoms with Gasteiger partial charge in [-0.2, -0.15) is 0 Å². The molecule has 20 heavy (non-hydrogen) atoms. The van der Waals surface area contributed by atoms with Gasteiger partial charge in [0.1, 0.15) is 6.54 Å². The summed E-state index contributed by atoms with van der Waals surface area (Å²) in [6.45, 7) is 5.59. The minimum absolute atomic E-state index is 0.880. The molecule has 0 rings (SSSR count). The second kappa shape index (κ2) is 13.9. The van der Waals surface area contributed by atoms with Crippen LogP contribution in [0.2, 0.25) is 0 Å². The molecular weight excluding hydrogens is 246 g/mol. The maximum Gasteiger partial charge on any atom is 0.102 e. The van der Waals surface area contributed by atoms with Gasteiger partial charge >= 0.3 is 0 Å². The molecule has 0 aliphatic carbocycles. The molecule has 0 saturated carbocycles. The normalized spacial score (nSPS) is 12.0. The van der Waals surface area contributed by atoms with Gasteiger partial charge < -0.3 is 9.22 Å². The second-order valence-corrected chi connectivity index (χ2v) is 6.91. The molecule has 0 amide bonds. The van der Waals surface area contributed by atoms with Gasteiger partial charge in [0.05, 0.1) is 27.2 Å². The monoisotopic (exact) mass is 286 g/mol. The molecule has 2 nitrogen and oxygen atoms in total. The van der Waals surface area contributed by atoms with Crippen LogP contribution in [0.25, 0.3) is 0 Å². The number of hydrogen-bond acceptors (Lipinski definition) is 1. The minimum atomic E-state index is 0.880. The number of unbranched alkanes of at least 4 members (excludes halogenated alkanes) is 10. The Morgan fingerprint density at radius 1 is 0.650 bits per heavy atom. The number of rotatable bonds is 15. The molecule has 0 bridgehead atoms. The van der Waals surface area contributed by atoms with Crippen molar-refractivity contribution < 1.29 is 9.22 Å². The quantitative estimate of drug-likeness (QED) is 0.303. The molecule has 0 spiro atoms. The van der Waals surface area contributed by atoms with E-state index in [2.05, 4.69) is 21.0 Å². The molecule has 0 fully saturated rings. The Labute approximate surface area is 128 Å². The van der Waals surface area contributed by atoms with Crippen LogP contribution in [-0.4, -0.2) is 45.4 Å². The summed E-state index contributed by atoms with van der Waals surface area (Å²) in [6.07, 6.45) is 15.7. The van der Waals surface area contributed by atoms with Gasteiger partial charge in [0.25, 0.3) is 0 Å². The lowest BCUT2D eigenvalue weighted by Crippen LogP contribution is -2.42. The van der Waals surface area contributed by atoms with Crippen LogP contribution in [-0.2, 0) is 4.74 Å². The Morgan fingerprint density at radius 3 is 1.55 bits per heavy atom. The number of nitrogens with zero attached hydrogens (tertiary/aromatic N) is 1. The van der Waals surface area contributed by atoms with Gasteiger partial charge in [0.2, 0.25) is 0 Å². The van der Waals surface area contributed by atoms with E-state index in [0.29, 0.717) is 0 Å². The molecule has 0 atom stereocenters. The fourth-order valence-electron chi connectivity index (χ4n) is 2.65. The van der Waals surface area contributed by atoms with Crippen LogP contribution in [0.3, 0.4) is 0 Å². The van der Waals surface area contributed by atoms with Crippen molar-refractivity contribution in [3.05, 3.63) is 0 Å². The van der Waals surface area contributed by atoms with Crippen molar-refractivity contribution in [1.29, 1.82) is 0 Å². The first kappa shape index (κ1) is 19.9. The average molecular weight is 287 g/mol. The predicted octanol–water partition coefficient (Wildman–Crippen LogP) is 5.02. The molecule has 0 aromatic carbocycles. The molecule has 0 radical (unpaired) electrons.